The molecule has 42 heavy (non-hydrogen) atoms. The number of nitrogen functional groups attached to an aromatic ring is 1. The predicted molar refractivity (Wildman–Crippen MR) is 160 cm³/mol. The standard InChI is InChI=1S/C29H52N5O6P.Na/c1-2-3-4-5-6-7-8-9-10-11-12-13-14-15-16-17-18-38-19-20-40-41(36,37)25-39-26(22-35)21-34-24-33-27-28(30)31-23-32-29(27)34;/h9-10,23-24,26,35H,2-8,11-22,25H2,1H3,(H,36,37)(H2,30,31,32);/q;+1/p-1/b10-9-;/t26-;/m0./s1. The minimum Gasteiger partial charge on any atom is -0.777 e. The minimum atomic E-state index is -4.24. The summed E-state index contributed by atoms with van der Waals surface area (Å²) in [4.78, 5) is 24.3. The molecular formula is C29H51N5NaO6P. The van der Waals surface area contributed by atoms with Crippen LogP contribution in [0.2, 0.25) is 0 Å². The summed E-state index contributed by atoms with van der Waals surface area (Å²) in [5, 5.41) is 9.63. The Morgan fingerprint density at radius 1 is 0.952 bits per heavy atom. The summed E-state index contributed by atoms with van der Waals surface area (Å²) in [7, 11) is -4.24. The first-order valence-corrected chi connectivity index (χ1v) is 17.0. The molecule has 3 N–H and O–H groups in total. The molecule has 2 aromatic rings. The number of allylic oxidation sites excluding steroid dienone is 2. The molecule has 234 valence electrons. The van der Waals surface area contributed by atoms with Gasteiger partial charge in [0.2, 0.25) is 0 Å². The Hall–Kier alpha value is -0.880. The van der Waals surface area contributed by atoms with Gasteiger partial charge in [-0.05, 0) is 32.1 Å². The molecule has 0 saturated carbocycles. The van der Waals surface area contributed by atoms with Crippen LogP contribution in [0.1, 0.15) is 96.8 Å². The molecule has 0 saturated heterocycles. The third kappa shape index (κ3) is 17.4. The Bertz CT molecular complexity index is 1030. The second-order valence-corrected chi connectivity index (χ2v) is 12.2. The number of hydrogen-bond acceptors (Lipinski definition) is 10. The first-order chi connectivity index (χ1) is 20.0. The van der Waals surface area contributed by atoms with Gasteiger partial charge in [0.25, 0.3) is 0 Å². The molecule has 2 atom stereocenters. The molecular weight excluding hydrogens is 568 g/mol. The van der Waals surface area contributed by atoms with Crippen molar-refractivity contribution in [3.05, 3.63) is 24.8 Å². The molecule has 1 unspecified atom stereocenters. The van der Waals surface area contributed by atoms with Gasteiger partial charge in [0.1, 0.15) is 18.2 Å². The largest absolute Gasteiger partial charge is 1.00 e. The number of ether oxygens (including phenoxy) is 2. The molecule has 0 fully saturated rings. The van der Waals surface area contributed by atoms with Crippen LogP contribution in [0.5, 0.6) is 0 Å². The van der Waals surface area contributed by atoms with Gasteiger partial charge in [-0.3, -0.25) is 0 Å². The summed E-state index contributed by atoms with van der Waals surface area (Å²) in [5.41, 5.74) is 6.68. The number of aliphatic hydroxyl groups excluding tert-OH is 1. The van der Waals surface area contributed by atoms with Gasteiger partial charge >= 0.3 is 29.6 Å². The molecule has 0 aromatic carbocycles. The first-order valence-electron chi connectivity index (χ1n) is 15.3. The molecule has 0 spiro atoms. The van der Waals surface area contributed by atoms with Crippen LogP contribution in [-0.2, 0) is 25.1 Å². The van der Waals surface area contributed by atoms with E-state index in [1.54, 1.807) is 4.57 Å². The van der Waals surface area contributed by atoms with Crippen LogP contribution in [0.15, 0.2) is 24.8 Å². The van der Waals surface area contributed by atoms with Crippen molar-refractivity contribution >= 4 is 24.6 Å². The Morgan fingerprint density at radius 3 is 2.26 bits per heavy atom. The maximum atomic E-state index is 12.2. The second-order valence-electron chi connectivity index (χ2n) is 10.4. The van der Waals surface area contributed by atoms with Crippen LogP contribution in [0, 0.1) is 0 Å². The number of nitrogens with two attached hydrogens (primary N) is 1. The Morgan fingerprint density at radius 2 is 1.60 bits per heavy atom. The minimum absolute atomic E-state index is 0. The molecule has 2 rings (SSSR count). The van der Waals surface area contributed by atoms with Gasteiger partial charge in [-0.25, -0.2) is 15.0 Å². The van der Waals surface area contributed by atoms with Crippen molar-refractivity contribution in [1.29, 1.82) is 0 Å². The molecule has 2 aromatic heterocycles. The van der Waals surface area contributed by atoms with Crippen molar-refractivity contribution in [2.75, 3.05) is 38.5 Å². The molecule has 13 heteroatoms. The molecule has 0 amide bonds. The average Bonchev–Trinajstić information content (AvgIpc) is 3.38. The van der Waals surface area contributed by atoms with Crippen molar-refractivity contribution in [3.63, 3.8) is 0 Å². The third-order valence-corrected chi connectivity index (χ3v) is 7.86. The van der Waals surface area contributed by atoms with Gasteiger partial charge in [-0.2, -0.15) is 0 Å². The van der Waals surface area contributed by atoms with Crippen LogP contribution in [-0.4, -0.2) is 63.5 Å². The fraction of sp³-hybridized carbons (Fsp3) is 0.759. The molecule has 0 radical (unpaired) electrons. The maximum absolute atomic E-state index is 12.2. The van der Waals surface area contributed by atoms with E-state index in [2.05, 4.69) is 34.0 Å². The Labute approximate surface area is 273 Å². The SMILES string of the molecule is CCCCCCCC/C=C\CCCCCCCCOCCOP(=O)([O-])CO[C@H](CO)Cn1cnc2c(N)ncnc21.[Na+]. The first kappa shape index (κ1) is 39.1. The summed E-state index contributed by atoms with van der Waals surface area (Å²) in [5.74, 6) is 0.238. The zero-order valence-electron chi connectivity index (χ0n) is 25.8. The van der Waals surface area contributed by atoms with E-state index in [1.807, 2.05) is 0 Å². The molecule has 11 nitrogen and oxygen atoms in total. The summed E-state index contributed by atoms with van der Waals surface area (Å²) >= 11 is 0. The molecule has 0 aliphatic heterocycles. The molecule has 0 aliphatic rings. The summed E-state index contributed by atoms with van der Waals surface area (Å²) in [6, 6.07) is 0. The number of anilines is 1. The van der Waals surface area contributed by atoms with Crippen molar-refractivity contribution in [2.24, 2.45) is 0 Å². The maximum Gasteiger partial charge on any atom is 1.00 e. The topological polar surface area (TPSA) is 158 Å². The second kappa shape index (κ2) is 24.4. The van der Waals surface area contributed by atoms with Crippen LogP contribution in [0.3, 0.4) is 0 Å². The fourth-order valence-electron chi connectivity index (χ4n) is 4.44. The van der Waals surface area contributed by atoms with E-state index < -0.39 is 20.0 Å². The predicted octanol–water partition coefficient (Wildman–Crippen LogP) is 2.37. The number of unbranched alkanes of at least 4 members (excludes halogenated alkanes) is 12. The van der Waals surface area contributed by atoms with E-state index >= 15 is 0 Å². The quantitative estimate of drug-likeness (QED) is 0.0693. The van der Waals surface area contributed by atoms with Gasteiger partial charge in [-0.1, -0.05) is 76.9 Å². The number of aromatic nitrogens is 4. The zero-order valence-corrected chi connectivity index (χ0v) is 28.7. The number of imidazole rings is 1. The monoisotopic (exact) mass is 619 g/mol. The zero-order chi connectivity index (χ0) is 29.6. The molecule has 0 bridgehead atoms. The van der Waals surface area contributed by atoms with Crippen molar-refractivity contribution in [1.82, 2.24) is 19.5 Å². The van der Waals surface area contributed by atoms with Crippen LogP contribution >= 0.6 is 7.60 Å². The number of fused-ring (bicyclic) bond motifs is 1. The smallest absolute Gasteiger partial charge is 0.777 e. The summed E-state index contributed by atoms with van der Waals surface area (Å²) in [6.45, 7) is 2.73. The van der Waals surface area contributed by atoms with E-state index in [4.69, 9.17) is 19.7 Å². The number of nitrogens with zero attached hydrogens (tertiary/aromatic N) is 4. The van der Waals surface area contributed by atoms with Gasteiger partial charge in [0, 0.05) is 6.61 Å². The average molecular weight is 620 g/mol. The third-order valence-electron chi connectivity index (χ3n) is 6.82. The summed E-state index contributed by atoms with van der Waals surface area (Å²) in [6.07, 6.45) is 23.6. The Kier molecular flexibility index (Phi) is 22.8. The van der Waals surface area contributed by atoms with Crippen LogP contribution in [0.4, 0.5) is 5.82 Å². The van der Waals surface area contributed by atoms with Gasteiger partial charge < -0.3 is 38.9 Å². The van der Waals surface area contributed by atoms with Gasteiger partial charge in [-0.15, -0.1) is 0 Å². The van der Waals surface area contributed by atoms with E-state index in [9.17, 15) is 14.6 Å². The van der Waals surface area contributed by atoms with Crippen molar-refractivity contribution < 1.29 is 58.1 Å². The van der Waals surface area contributed by atoms with Crippen molar-refractivity contribution in [2.45, 2.75) is 109 Å². The molecule has 0 aliphatic carbocycles. The number of rotatable bonds is 26. The Balaban J connectivity index is 0.00000882. The van der Waals surface area contributed by atoms with Gasteiger partial charge in [0.15, 0.2) is 19.1 Å². The normalized spacial score (nSPS) is 13.9. The van der Waals surface area contributed by atoms with Crippen LogP contribution in [0.25, 0.3) is 11.2 Å². The fourth-order valence-corrected chi connectivity index (χ4v) is 5.26. The van der Waals surface area contributed by atoms with E-state index in [1.165, 1.54) is 89.7 Å². The molecule has 2 heterocycles. The van der Waals surface area contributed by atoms with Gasteiger partial charge in [0.05, 0.1) is 38.8 Å². The summed E-state index contributed by atoms with van der Waals surface area (Å²) < 4.78 is 29.7. The van der Waals surface area contributed by atoms with E-state index in [0.29, 0.717) is 17.8 Å². The number of hydrogen-bond donors (Lipinski definition) is 2. The number of aliphatic hydroxyl groups is 1. The van der Waals surface area contributed by atoms with E-state index in [-0.39, 0.29) is 61.7 Å². The van der Waals surface area contributed by atoms with Crippen molar-refractivity contribution in [3.8, 4) is 0 Å². The van der Waals surface area contributed by atoms with Crippen LogP contribution < -0.4 is 40.2 Å². The van der Waals surface area contributed by atoms with E-state index in [0.717, 1.165) is 12.8 Å².